The first-order valence-electron chi connectivity index (χ1n) is 6.44. The van der Waals surface area contributed by atoms with E-state index in [-0.39, 0.29) is 0 Å². The van der Waals surface area contributed by atoms with E-state index < -0.39 is 0 Å². The second-order valence-electron chi connectivity index (χ2n) is 5.23. The van der Waals surface area contributed by atoms with Gasteiger partial charge < -0.3 is 5.32 Å². The maximum atomic E-state index is 3.70. The van der Waals surface area contributed by atoms with Gasteiger partial charge in [0.1, 0.15) is 0 Å². The van der Waals surface area contributed by atoms with Gasteiger partial charge >= 0.3 is 0 Å². The van der Waals surface area contributed by atoms with Crippen molar-refractivity contribution in [2.75, 3.05) is 13.1 Å². The van der Waals surface area contributed by atoms with Crippen molar-refractivity contribution in [2.24, 2.45) is 0 Å². The van der Waals surface area contributed by atoms with Gasteiger partial charge in [0, 0.05) is 18.1 Å². The maximum absolute atomic E-state index is 3.70. The number of likely N-dealkylation sites (tertiary alicyclic amines) is 1. The molecule has 3 rings (SSSR count). The van der Waals surface area contributed by atoms with Crippen LogP contribution in [0, 0.1) is 0 Å². The van der Waals surface area contributed by atoms with E-state index in [4.69, 9.17) is 0 Å². The van der Waals surface area contributed by atoms with E-state index >= 15 is 0 Å². The quantitative estimate of drug-likeness (QED) is 0.720. The van der Waals surface area contributed by atoms with Crippen molar-refractivity contribution in [2.45, 2.75) is 63.1 Å². The molecule has 2 nitrogen and oxygen atoms in total. The highest BCUT2D eigenvalue weighted by molar-refractivity contribution is 4.96. The van der Waals surface area contributed by atoms with Crippen molar-refractivity contribution in [3.8, 4) is 0 Å². The summed E-state index contributed by atoms with van der Waals surface area (Å²) in [6, 6.07) is 2.69. The van der Waals surface area contributed by atoms with E-state index in [1.807, 2.05) is 0 Å². The van der Waals surface area contributed by atoms with Gasteiger partial charge in [0.25, 0.3) is 0 Å². The molecule has 0 aromatic heterocycles. The molecule has 1 N–H and O–H groups in total. The Morgan fingerprint density at radius 1 is 0.929 bits per heavy atom. The van der Waals surface area contributed by atoms with Crippen molar-refractivity contribution in [3.63, 3.8) is 0 Å². The Morgan fingerprint density at radius 3 is 2.57 bits per heavy atom. The van der Waals surface area contributed by atoms with E-state index in [9.17, 15) is 0 Å². The second-order valence-corrected chi connectivity index (χ2v) is 5.23. The summed E-state index contributed by atoms with van der Waals surface area (Å²) in [5.74, 6) is 0. The van der Waals surface area contributed by atoms with Gasteiger partial charge in [0.2, 0.25) is 0 Å². The minimum absolute atomic E-state index is 0.830. The molecule has 1 saturated carbocycles. The minimum Gasteiger partial charge on any atom is -0.312 e. The van der Waals surface area contributed by atoms with Crippen LogP contribution in [-0.4, -0.2) is 36.1 Å². The number of hydrogen-bond donors (Lipinski definition) is 1. The number of hydrogen-bond acceptors (Lipinski definition) is 2. The third-order valence-corrected chi connectivity index (χ3v) is 4.17. The normalized spacial score (nSPS) is 40.3. The molecule has 2 aliphatic heterocycles. The molecule has 1 aliphatic carbocycles. The monoisotopic (exact) mass is 194 g/mol. The van der Waals surface area contributed by atoms with Gasteiger partial charge in [-0.2, -0.15) is 0 Å². The molecule has 14 heavy (non-hydrogen) atoms. The lowest BCUT2D eigenvalue weighted by Gasteiger charge is -2.39. The molecular weight excluding hydrogens is 172 g/mol. The molecule has 0 aromatic rings. The summed E-state index contributed by atoms with van der Waals surface area (Å²) in [4.78, 5) is 2.83. The van der Waals surface area contributed by atoms with E-state index in [1.165, 1.54) is 58.0 Å². The van der Waals surface area contributed by atoms with Crippen LogP contribution in [0.15, 0.2) is 0 Å². The highest BCUT2D eigenvalue weighted by Crippen LogP contribution is 2.34. The summed E-state index contributed by atoms with van der Waals surface area (Å²) in [6.45, 7) is 2.65. The fourth-order valence-electron chi connectivity index (χ4n) is 3.31. The van der Waals surface area contributed by atoms with Crippen molar-refractivity contribution >= 4 is 0 Å². The zero-order valence-corrected chi connectivity index (χ0v) is 9.04. The Hall–Kier alpha value is -0.0800. The van der Waals surface area contributed by atoms with Crippen LogP contribution < -0.4 is 5.32 Å². The molecule has 0 bridgehead atoms. The van der Waals surface area contributed by atoms with Crippen LogP contribution in [0.5, 0.6) is 0 Å². The number of piperidine rings is 1. The average molecular weight is 194 g/mol. The Bertz CT molecular complexity index is 194. The lowest BCUT2D eigenvalue weighted by atomic mass is 9.94. The second kappa shape index (κ2) is 3.82. The SMILES string of the molecule is C1CNC(C2CCCCN2C2CC2)C1. The molecule has 80 valence electrons. The fourth-order valence-corrected chi connectivity index (χ4v) is 3.31. The van der Waals surface area contributed by atoms with E-state index in [0.717, 1.165) is 18.1 Å². The standard InChI is InChI=1S/C12H22N2/c1-2-9-14(10-6-7-10)12(5-1)11-4-3-8-13-11/h10-13H,1-9H2. The van der Waals surface area contributed by atoms with Crippen LogP contribution in [0.3, 0.4) is 0 Å². The summed E-state index contributed by atoms with van der Waals surface area (Å²) >= 11 is 0. The summed E-state index contributed by atoms with van der Waals surface area (Å²) < 4.78 is 0. The van der Waals surface area contributed by atoms with Gasteiger partial charge in [0.05, 0.1) is 0 Å². The molecular formula is C12H22N2. The van der Waals surface area contributed by atoms with Crippen LogP contribution in [0.1, 0.15) is 44.9 Å². The summed E-state index contributed by atoms with van der Waals surface area (Å²) in [6.07, 6.45) is 10.1. The molecule has 2 unspecified atom stereocenters. The predicted octanol–water partition coefficient (Wildman–Crippen LogP) is 1.76. The predicted molar refractivity (Wildman–Crippen MR) is 58.4 cm³/mol. The molecule has 0 radical (unpaired) electrons. The van der Waals surface area contributed by atoms with Gasteiger partial charge in [0.15, 0.2) is 0 Å². The molecule has 2 heterocycles. The summed E-state index contributed by atoms with van der Waals surface area (Å²) in [5, 5.41) is 3.70. The van der Waals surface area contributed by atoms with Crippen LogP contribution in [0.2, 0.25) is 0 Å². The van der Waals surface area contributed by atoms with E-state index in [0.29, 0.717) is 0 Å². The zero-order chi connectivity index (χ0) is 9.38. The molecule has 3 aliphatic rings. The first-order valence-corrected chi connectivity index (χ1v) is 6.44. The van der Waals surface area contributed by atoms with Crippen molar-refractivity contribution in [3.05, 3.63) is 0 Å². The van der Waals surface area contributed by atoms with Crippen LogP contribution in [0.25, 0.3) is 0 Å². The van der Waals surface area contributed by atoms with Crippen molar-refractivity contribution in [1.82, 2.24) is 10.2 Å². The summed E-state index contributed by atoms with van der Waals surface area (Å²) in [5.41, 5.74) is 0. The summed E-state index contributed by atoms with van der Waals surface area (Å²) in [7, 11) is 0. The topological polar surface area (TPSA) is 15.3 Å². The third kappa shape index (κ3) is 1.70. The van der Waals surface area contributed by atoms with Crippen LogP contribution in [0.4, 0.5) is 0 Å². The zero-order valence-electron chi connectivity index (χ0n) is 9.04. The molecule has 0 spiro atoms. The number of nitrogens with one attached hydrogen (secondary N) is 1. The van der Waals surface area contributed by atoms with Gasteiger partial charge in [-0.25, -0.2) is 0 Å². The molecule has 2 heteroatoms. The van der Waals surface area contributed by atoms with E-state index in [1.54, 1.807) is 0 Å². The molecule has 0 aromatic carbocycles. The van der Waals surface area contributed by atoms with Crippen molar-refractivity contribution in [1.29, 1.82) is 0 Å². The minimum atomic E-state index is 0.830. The molecule has 3 fully saturated rings. The first kappa shape index (κ1) is 9.17. The lowest BCUT2D eigenvalue weighted by molar-refractivity contribution is 0.112. The maximum Gasteiger partial charge on any atom is 0.0252 e. The third-order valence-electron chi connectivity index (χ3n) is 4.17. The molecule has 2 saturated heterocycles. The Labute approximate surface area is 87.0 Å². The Kier molecular flexibility index (Phi) is 2.50. The highest BCUT2D eigenvalue weighted by atomic mass is 15.2. The van der Waals surface area contributed by atoms with Gasteiger partial charge in [-0.1, -0.05) is 6.42 Å². The number of rotatable bonds is 2. The smallest absolute Gasteiger partial charge is 0.0252 e. The van der Waals surface area contributed by atoms with Crippen molar-refractivity contribution < 1.29 is 0 Å². The van der Waals surface area contributed by atoms with Gasteiger partial charge in [-0.15, -0.1) is 0 Å². The molecule has 0 amide bonds. The Balaban J connectivity index is 1.66. The highest BCUT2D eigenvalue weighted by Gasteiger charge is 2.39. The van der Waals surface area contributed by atoms with E-state index in [2.05, 4.69) is 10.2 Å². The average Bonchev–Trinajstić information content (AvgIpc) is 2.94. The van der Waals surface area contributed by atoms with Crippen LogP contribution >= 0.6 is 0 Å². The molecule has 2 atom stereocenters. The van der Waals surface area contributed by atoms with Crippen LogP contribution in [-0.2, 0) is 0 Å². The first-order chi connectivity index (χ1) is 6.95. The van der Waals surface area contributed by atoms with Gasteiger partial charge in [-0.3, -0.25) is 4.90 Å². The van der Waals surface area contributed by atoms with Gasteiger partial charge in [-0.05, 0) is 51.6 Å². The largest absolute Gasteiger partial charge is 0.312 e. The Morgan fingerprint density at radius 2 is 1.86 bits per heavy atom. The fraction of sp³-hybridized carbons (Fsp3) is 1.00. The lowest BCUT2D eigenvalue weighted by Crippen LogP contribution is -2.51. The number of nitrogens with zero attached hydrogens (tertiary/aromatic N) is 1.